The Morgan fingerprint density at radius 2 is 2.04 bits per heavy atom. The Hall–Kier alpha value is -1.29. The summed E-state index contributed by atoms with van der Waals surface area (Å²) in [5.74, 6) is -0.855. The fourth-order valence-electron chi connectivity index (χ4n) is 2.99. The Bertz CT molecular complexity index is 739. The molecule has 1 aliphatic heterocycles. The number of hydrogen-bond donors (Lipinski definition) is 1. The van der Waals surface area contributed by atoms with Crippen LogP contribution in [0.5, 0.6) is 0 Å². The number of halogens is 1. The van der Waals surface area contributed by atoms with Crippen LogP contribution in [0.25, 0.3) is 0 Å². The van der Waals surface area contributed by atoms with Crippen LogP contribution in [0.4, 0.5) is 0 Å². The van der Waals surface area contributed by atoms with Gasteiger partial charge in [-0.15, -0.1) is 11.3 Å². The number of ether oxygens (including phenoxy) is 2. The molecule has 0 bridgehead atoms. The fourth-order valence-corrected chi connectivity index (χ4v) is 7.84. The van der Waals surface area contributed by atoms with Gasteiger partial charge in [0.05, 0.1) is 28.1 Å². The monoisotopic (exact) mass is 463 g/mol. The van der Waals surface area contributed by atoms with E-state index in [0.29, 0.717) is 22.2 Å². The van der Waals surface area contributed by atoms with E-state index in [1.165, 1.54) is 4.88 Å². The van der Waals surface area contributed by atoms with Gasteiger partial charge in [-0.05, 0) is 58.9 Å². The van der Waals surface area contributed by atoms with Gasteiger partial charge in [-0.1, -0.05) is 0 Å². The molecule has 2 heterocycles. The molecular formula is C16H18INO5S. The molecule has 0 aromatic carbocycles. The highest BCUT2D eigenvalue weighted by molar-refractivity contribution is 14.2. The van der Waals surface area contributed by atoms with E-state index >= 15 is 0 Å². The predicted molar refractivity (Wildman–Crippen MR) is 98.5 cm³/mol. The largest absolute Gasteiger partial charge is 0.466 e. The molecule has 1 aromatic rings. The second-order valence-electron chi connectivity index (χ2n) is 5.42. The zero-order valence-corrected chi connectivity index (χ0v) is 16.4. The first-order valence-electron chi connectivity index (χ1n) is 7.86. The highest BCUT2D eigenvalue weighted by Crippen LogP contribution is 2.46. The Labute approximate surface area is 153 Å². The van der Waals surface area contributed by atoms with Crippen molar-refractivity contribution in [2.24, 2.45) is 0 Å². The Kier molecular flexibility index (Phi) is 5.33. The molecule has 0 fully saturated rings. The van der Waals surface area contributed by atoms with Crippen LogP contribution in [0.2, 0.25) is 0 Å². The summed E-state index contributed by atoms with van der Waals surface area (Å²) in [5, 5.41) is 2.71. The maximum Gasteiger partial charge on any atom is 0.360 e. The molecule has 1 unspecified atom stereocenters. The average Bonchev–Trinajstić information content (AvgIpc) is 3.07. The van der Waals surface area contributed by atoms with E-state index in [-0.39, 0.29) is 24.4 Å². The Balaban J connectivity index is 1.90. The van der Waals surface area contributed by atoms with Gasteiger partial charge in [-0.3, -0.25) is 9.59 Å². The number of aryl methyl sites for hydroxylation is 1. The minimum absolute atomic E-state index is 0.0398. The summed E-state index contributed by atoms with van der Waals surface area (Å²) < 4.78 is 11.4. The lowest BCUT2D eigenvalue weighted by molar-refractivity contribution is -0.143. The lowest BCUT2D eigenvalue weighted by Crippen LogP contribution is -2.38. The quantitative estimate of drug-likeness (QED) is 0.536. The number of carbonyl (C=O) groups is 3. The number of carbonyl (C=O) groups excluding carboxylic acids is 3. The average molecular weight is 463 g/mol. The lowest BCUT2D eigenvalue weighted by atomic mass is 9.96. The summed E-state index contributed by atoms with van der Waals surface area (Å²) in [6.07, 6.45) is 2.06. The van der Waals surface area contributed by atoms with Crippen molar-refractivity contribution in [2.75, 3.05) is 13.2 Å². The van der Waals surface area contributed by atoms with E-state index < -0.39 is 26.7 Å². The Morgan fingerprint density at radius 3 is 2.75 bits per heavy atom. The van der Waals surface area contributed by atoms with E-state index in [4.69, 9.17) is 9.47 Å². The van der Waals surface area contributed by atoms with Crippen molar-refractivity contribution in [1.82, 2.24) is 5.32 Å². The molecule has 1 aliphatic carbocycles. The summed E-state index contributed by atoms with van der Waals surface area (Å²) >= 11 is 0.865. The van der Waals surface area contributed by atoms with Crippen molar-refractivity contribution >= 4 is 53.5 Å². The highest BCUT2D eigenvalue weighted by Gasteiger charge is 2.37. The maximum absolute atomic E-state index is 12.6. The summed E-state index contributed by atoms with van der Waals surface area (Å²) in [6.45, 7) is 4.18. The highest BCUT2D eigenvalue weighted by atomic mass is 127. The van der Waals surface area contributed by atoms with Gasteiger partial charge in [-0.2, -0.15) is 0 Å². The van der Waals surface area contributed by atoms with Gasteiger partial charge in [0.1, 0.15) is 0 Å². The molecule has 3 rings (SSSR count). The molecule has 1 atom stereocenters. The first kappa shape index (κ1) is 17.5. The van der Waals surface area contributed by atoms with Crippen LogP contribution in [0, 0.1) is 2.88 Å². The van der Waals surface area contributed by atoms with Gasteiger partial charge in [0.25, 0.3) is 5.91 Å². The summed E-state index contributed by atoms with van der Waals surface area (Å²) in [5.41, 5.74) is 1.70. The van der Waals surface area contributed by atoms with Crippen molar-refractivity contribution in [1.29, 1.82) is 0 Å². The van der Waals surface area contributed by atoms with Crippen molar-refractivity contribution in [3.8, 4) is 0 Å². The van der Waals surface area contributed by atoms with Crippen molar-refractivity contribution in [3.05, 3.63) is 18.9 Å². The lowest BCUT2D eigenvalue weighted by Gasteiger charge is -2.16. The van der Waals surface area contributed by atoms with E-state index in [0.717, 1.165) is 21.3 Å². The molecule has 1 amide bonds. The van der Waals surface area contributed by atoms with Crippen LogP contribution in [0.1, 0.15) is 53.4 Å². The second-order valence-corrected chi connectivity index (χ2v) is 9.95. The minimum Gasteiger partial charge on any atom is -0.466 e. The normalized spacial score (nSPS) is 18.7. The SMILES string of the molecule is CCOC(=O)CC1CCc2sc3c(c21)C(=O)NC(C(=O)OCC)=I3. The number of esters is 2. The molecular weight excluding hydrogens is 445 g/mol. The number of nitrogens with one attached hydrogen (secondary N) is 1. The molecule has 1 aromatic heterocycles. The molecule has 2 aliphatic rings. The van der Waals surface area contributed by atoms with Gasteiger partial charge in [0.2, 0.25) is 0 Å². The second kappa shape index (κ2) is 7.30. The third kappa shape index (κ3) is 3.26. The fraction of sp³-hybridized carbons (Fsp3) is 0.500. The van der Waals surface area contributed by atoms with E-state index in [2.05, 4.69) is 5.32 Å². The predicted octanol–water partition coefficient (Wildman–Crippen LogP) is 2.31. The van der Waals surface area contributed by atoms with Crippen molar-refractivity contribution in [2.45, 2.75) is 39.0 Å². The zero-order chi connectivity index (χ0) is 17.3. The molecule has 24 heavy (non-hydrogen) atoms. The number of hydrogen-bond acceptors (Lipinski definition) is 6. The van der Waals surface area contributed by atoms with Crippen LogP contribution in [0.15, 0.2) is 0 Å². The van der Waals surface area contributed by atoms with Gasteiger partial charge in [0, 0.05) is 4.88 Å². The maximum atomic E-state index is 12.6. The van der Waals surface area contributed by atoms with Gasteiger partial charge >= 0.3 is 11.9 Å². The topological polar surface area (TPSA) is 81.7 Å². The number of amides is 1. The van der Waals surface area contributed by atoms with E-state index in [9.17, 15) is 14.4 Å². The van der Waals surface area contributed by atoms with Gasteiger partial charge in [-0.25, -0.2) is 4.79 Å². The molecule has 0 saturated carbocycles. The molecule has 130 valence electrons. The summed E-state index contributed by atoms with van der Waals surface area (Å²) in [6, 6.07) is 0. The van der Waals surface area contributed by atoms with Crippen LogP contribution >= 0.6 is 32.1 Å². The summed E-state index contributed by atoms with van der Waals surface area (Å²) in [4.78, 5) is 37.4. The first-order valence-corrected chi connectivity index (χ1v) is 10.8. The minimum atomic E-state index is -0.754. The van der Waals surface area contributed by atoms with E-state index in [1.54, 1.807) is 25.2 Å². The van der Waals surface area contributed by atoms with E-state index in [1.807, 2.05) is 0 Å². The smallest absolute Gasteiger partial charge is 0.360 e. The number of rotatable bonds is 5. The van der Waals surface area contributed by atoms with Crippen molar-refractivity contribution in [3.63, 3.8) is 0 Å². The first-order chi connectivity index (χ1) is 11.5. The standard InChI is InChI=1S/C16H18INO5S/c1-3-22-10(19)7-8-5-6-9-11(8)12-14(24-9)17-13(18-15(12)20)16(21)23-4-2/h8H,3-7H2,1-2H3,(H,18,20). The molecule has 0 radical (unpaired) electrons. The van der Waals surface area contributed by atoms with Gasteiger partial charge < -0.3 is 14.8 Å². The third-order valence-electron chi connectivity index (χ3n) is 3.91. The Morgan fingerprint density at radius 1 is 1.29 bits per heavy atom. The number of fused-ring (bicyclic) bond motifs is 3. The van der Waals surface area contributed by atoms with Crippen molar-refractivity contribution < 1.29 is 23.9 Å². The zero-order valence-electron chi connectivity index (χ0n) is 13.4. The van der Waals surface area contributed by atoms with Gasteiger partial charge in [0.15, 0.2) is 3.63 Å². The molecule has 6 nitrogen and oxygen atoms in total. The van der Waals surface area contributed by atoms with Crippen LogP contribution in [-0.2, 0) is 25.5 Å². The van der Waals surface area contributed by atoms with Crippen LogP contribution in [-0.4, -0.2) is 34.7 Å². The third-order valence-corrected chi connectivity index (χ3v) is 8.42. The van der Waals surface area contributed by atoms with Crippen LogP contribution in [0.3, 0.4) is 0 Å². The summed E-state index contributed by atoms with van der Waals surface area (Å²) in [7, 11) is 0. The van der Waals surface area contributed by atoms with Crippen LogP contribution < -0.4 is 5.32 Å². The molecule has 8 heteroatoms. The molecule has 0 spiro atoms. The molecule has 1 N–H and O–H groups in total. The number of thiophene rings is 1. The molecule has 0 saturated heterocycles.